The molecule has 2 aromatic carbocycles. The van der Waals surface area contributed by atoms with Gasteiger partial charge in [0.1, 0.15) is 0 Å². The Hall–Kier alpha value is -4.07. The first kappa shape index (κ1) is 27.5. The summed E-state index contributed by atoms with van der Waals surface area (Å²) in [4.78, 5) is 33.8. The first-order valence-corrected chi connectivity index (χ1v) is 14.8. The molecule has 0 unspecified atom stereocenters. The number of aromatic nitrogens is 2. The molecule has 2 amide bonds. The lowest BCUT2D eigenvalue weighted by molar-refractivity contribution is 0.0983. The molecule has 0 atom stereocenters. The van der Waals surface area contributed by atoms with Gasteiger partial charge in [-0.15, -0.1) is 0 Å². The highest BCUT2D eigenvalue weighted by molar-refractivity contribution is 6.74. The Morgan fingerprint density at radius 3 is 1.78 bits per heavy atom. The van der Waals surface area contributed by atoms with Gasteiger partial charge in [0.2, 0.25) is 0 Å². The number of anilines is 3. The summed E-state index contributed by atoms with van der Waals surface area (Å²) >= 11 is 0. The Balaban J connectivity index is 1.58. The maximum atomic E-state index is 12.9. The van der Waals surface area contributed by atoms with Crippen molar-refractivity contribution in [2.45, 2.75) is 38.9 Å². The van der Waals surface area contributed by atoms with Gasteiger partial charge in [0, 0.05) is 36.0 Å². The predicted molar refractivity (Wildman–Crippen MR) is 147 cm³/mol. The fraction of sp³-hybridized carbons (Fsp3) is 0.296. The summed E-state index contributed by atoms with van der Waals surface area (Å²) in [5, 5.41) is 17.8. The van der Waals surface area contributed by atoms with Gasteiger partial charge in [0.05, 0.1) is 18.2 Å². The molecule has 0 bridgehead atoms. The number of amides is 2. The summed E-state index contributed by atoms with van der Waals surface area (Å²) < 4.78 is 6.18. The number of hydrogen-bond donors (Lipinski definition) is 3. The first-order chi connectivity index (χ1) is 17.5. The van der Waals surface area contributed by atoms with Gasteiger partial charge >= 0.3 is 0 Å². The van der Waals surface area contributed by atoms with Crippen LogP contribution < -0.4 is 16.0 Å². The van der Waals surface area contributed by atoms with E-state index < -0.39 is 20.1 Å². The summed E-state index contributed by atoms with van der Waals surface area (Å²) in [7, 11) is -1.78. The zero-order valence-electron chi connectivity index (χ0n) is 21.8. The molecule has 0 radical (unpaired) electrons. The highest BCUT2D eigenvalue weighted by Crippen LogP contribution is 2.36. The molecule has 0 spiro atoms. The van der Waals surface area contributed by atoms with Gasteiger partial charge in [-0.2, -0.15) is 5.26 Å². The molecule has 0 saturated heterocycles. The van der Waals surface area contributed by atoms with Gasteiger partial charge < -0.3 is 20.4 Å². The number of nitriles is 1. The minimum Gasteiger partial charge on any atom is -0.415 e. The highest BCUT2D eigenvalue weighted by atomic mass is 28.4. The molecule has 3 rings (SSSR count). The van der Waals surface area contributed by atoms with Crippen LogP contribution in [-0.2, 0) is 4.43 Å². The molecular formula is C27H32N6O3Si. The maximum absolute atomic E-state index is 12.9. The van der Waals surface area contributed by atoms with Gasteiger partial charge in [-0.05, 0) is 66.7 Å². The largest absolute Gasteiger partial charge is 0.415 e. The number of carbonyl (C=O) groups excluding carboxylic acids is 2. The van der Waals surface area contributed by atoms with Crippen molar-refractivity contribution in [1.82, 2.24) is 9.97 Å². The van der Waals surface area contributed by atoms with Gasteiger partial charge in [-0.25, -0.2) is 9.97 Å². The second kappa shape index (κ2) is 11.8. The van der Waals surface area contributed by atoms with Crippen LogP contribution in [0, 0.1) is 11.3 Å². The van der Waals surface area contributed by atoms with E-state index in [9.17, 15) is 9.59 Å². The lowest BCUT2D eigenvalue weighted by Crippen LogP contribution is -2.41. The zero-order valence-corrected chi connectivity index (χ0v) is 22.8. The number of benzene rings is 2. The monoisotopic (exact) mass is 516 g/mol. The van der Waals surface area contributed by atoms with Crippen molar-refractivity contribution in [2.24, 2.45) is 0 Å². The van der Waals surface area contributed by atoms with Crippen molar-refractivity contribution in [1.29, 1.82) is 5.26 Å². The van der Waals surface area contributed by atoms with Crippen LogP contribution in [0.3, 0.4) is 0 Å². The van der Waals surface area contributed by atoms with Crippen LogP contribution in [0.15, 0.2) is 60.9 Å². The van der Waals surface area contributed by atoms with E-state index in [0.29, 0.717) is 30.1 Å². The number of carbonyl (C=O) groups is 2. The molecule has 10 heteroatoms. The minimum atomic E-state index is -1.78. The van der Waals surface area contributed by atoms with E-state index >= 15 is 0 Å². The number of nitrogens with zero attached hydrogens (tertiary/aromatic N) is 3. The second-order valence-electron chi connectivity index (χ2n) is 9.96. The molecule has 3 aromatic rings. The lowest BCUT2D eigenvalue weighted by Gasteiger charge is -2.36. The molecule has 0 fully saturated rings. The van der Waals surface area contributed by atoms with Crippen LogP contribution >= 0.6 is 0 Å². The summed E-state index contributed by atoms with van der Waals surface area (Å²) in [6, 6.07) is 15.6. The highest BCUT2D eigenvalue weighted by Gasteiger charge is 2.36. The Bertz CT molecular complexity index is 1280. The molecule has 0 aliphatic carbocycles. The molecule has 1 heterocycles. The van der Waals surface area contributed by atoms with Crippen molar-refractivity contribution in [3.05, 3.63) is 77.9 Å². The van der Waals surface area contributed by atoms with E-state index in [1.807, 2.05) is 18.2 Å². The van der Waals surface area contributed by atoms with Crippen LogP contribution in [-0.4, -0.2) is 43.3 Å². The summed E-state index contributed by atoms with van der Waals surface area (Å²) in [6.45, 7) is 12.4. The van der Waals surface area contributed by atoms with Crippen molar-refractivity contribution in [2.75, 3.05) is 29.1 Å². The average Bonchev–Trinajstić information content (AvgIpc) is 2.87. The van der Waals surface area contributed by atoms with Crippen molar-refractivity contribution < 1.29 is 14.0 Å². The number of nitrogens with one attached hydrogen (secondary N) is 3. The molecular weight excluding hydrogens is 484 g/mol. The quantitative estimate of drug-likeness (QED) is 0.260. The van der Waals surface area contributed by atoms with Crippen LogP contribution in [0.1, 0.15) is 47.3 Å². The number of hydrogen-bond acceptors (Lipinski definition) is 7. The van der Waals surface area contributed by atoms with Gasteiger partial charge in [-0.3, -0.25) is 9.59 Å². The Labute approximate surface area is 218 Å². The van der Waals surface area contributed by atoms with Gasteiger partial charge in [0.25, 0.3) is 11.8 Å². The Kier molecular flexibility index (Phi) is 8.76. The zero-order chi connectivity index (χ0) is 27.1. The minimum absolute atomic E-state index is 0.0985. The normalized spacial score (nSPS) is 11.4. The van der Waals surface area contributed by atoms with Crippen LogP contribution in [0.4, 0.5) is 17.1 Å². The summed E-state index contributed by atoms with van der Waals surface area (Å²) in [6.07, 6.45) is 2.70. The molecule has 9 nitrogen and oxygen atoms in total. The summed E-state index contributed by atoms with van der Waals surface area (Å²) in [5.74, 6) is -1.14. The maximum Gasteiger partial charge on any atom is 0.276 e. The van der Waals surface area contributed by atoms with Crippen molar-refractivity contribution in [3.8, 4) is 6.07 Å². The molecule has 0 saturated carbocycles. The van der Waals surface area contributed by atoms with Crippen molar-refractivity contribution >= 4 is 37.2 Å². The predicted octanol–water partition coefficient (Wildman–Crippen LogP) is 5.29. The van der Waals surface area contributed by atoms with E-state index in [4.69, 9.17) is 9.69 Å². The second-order valence-corrected chi connectivity index (χ2v) is 14.8. The fourth-order valence-corrected chi connectivity index (χ4v) is 4.11. The smallest absolute Gasteiger partial charge is 0.276 e. The van der Waals surface area contributed by atoms with E-state index in [1.165, 1.54) is 12.4 Å². The van der Waals surface area contributed by atoms with Crippen LogP contribution in [0.25, 0.3) is 0 Å². The Morgan fingerprint density at radius 2 is 1.32 bits per heavy atom. The SMILES string of the molecule is CC(C)(C)[Si](C)(C)OCCNc1ccc(NC(=O)c2nccnc2C(=O)Nc2ccc(C#N)cc2)cc1. The Morgan fingerprint density at radius 1 is 0.865 bits per heavy atom. The number of rotatable bonds is 9. The van der Waals surface area contributed by atoms with Crippen molar-refractivity contribution in [3.63, 3.8) is 0 Å². The molecule has 37 heavy (non-hydrogen) atoms. The topological polar surface area (TPSA) is 129 Å². The van der Waals surface area contributed by atoms with E-state index in [2.05, 4.69) is 59.8 Å². The van der Waals surface area contributed by atoms with Crippen LogP contribution in [0.2, 0.25) is 18.1 Å². The van der Waals surface area contributed by atoms with Gasteiger partial charge in [-0.1, -0.05) is 20.8 Å². The third-order valence-electron chi connectivity index (χ3n) is 6.24. The van der Waals surface area contributed by atoms with Crippen LogP contribution in [0.5, 0.6) is 0 Å². The standard InChI is InChI=1S/C27H32N6O3Si/c1-27(2,3)37(4,5)36-17-16-29-20-10-12-22(13-11-20)33-26(35)24-23(30-14-15-31-24)25(34)32-21-8-6-19(18-28)7-9-21/h6-15,29H,16-17H2,1-5H3,(H,32,34)(H,33,35). The molecule has 0 aliphatic rings. The van der Waals surface area contributed by atoms with Gasteiger partial charge in [0.15, 0.2) is 19.7 Å². The lowest BCUT2D eigenvalue weighted by atomic mass is 10.2. The first-order valence-electron chi connectivity index (χ1n) is 11.9. The van der Waals surface area contributed by atoms with E-state index in [1.54, 1.807) is 36.4 Å². The molecule has 1 aromatic heterocycles. The van der Waals surface area contributed by atoms with E-state index in [-0.39, 0.29) is 16.4 Å². The fourth-order valence-electron chi connectivity index (χ4n) is 3.07. The third-order valence-corrected chi connectivity index (χ3v) is 10.8. The van der Waals surface area contributed by atoms with E-state index in [0.717, 1.165) is 5.69 Å². The molecule has 0 aliphatic heterocycles. The summed E-state index contributed by atoms with van der Waals surface area (Å²) in [5.41, 5.74) is 2.19. The molecule has 192 valence electrons. The third kappa shape index (κ3) is 7.46. The average molecular weight is 517 g/mol. The molecule has 3 N–H and O–H groups in total.